The van der Waals surface area contributed by atoms with Crippen LogP contribution in [0.4, 0.5) is 0 Å². The van der Waals surface area contributed by atoms with Crippen LogP contribution >= 0.6 is 0 Å². The Balaban J connectivity index is 1.55. The van der Waals surface area contributed by atoms with Gasteiger partial charge in [-0.15, -0.1) is 0 Å². The third-order valence-electron chi connectivity index (χ3n) is 6.11. The molecule has 1 N–H and O–H groups in total. The number of rotatable bonds is 9. The highest BCUT2D eigenvalue weighted by Crippen LogP contribution is 2.33. The van der Waals surface area contributed by atoms with Gasteiger partial charge in [0.05, 0.1) is 0 Å². The predicted octanol–water partition coefficient (Wildman–Crippen LogP) is 4.74. The van der Waals surface area contributed by atoms with E-state index < -0.39 is 5.97 Å². The molecule has 6 heteroatoms. The summed E-state index contributed by atoms with van der Waals surface area (Å²) in [6.07, 6.45) is 7.68. The number of aryl methyl sites for hydroxylation is 2. The van der Waals surface area contributed by atoms with Gasteiger partial charge in [-0.2, -0.15) is 0 Å². The summed E-state index contributed by atoms with van der Waals surface area (Å²) in [6, 6.07) is 12.4. The lowest BCUT2D eigenvalue weighted by Crippen LogP contribution is -2.32. The smallest absolute Gasteiger partial charge is 0.339 e. The number of fused-ring (bicyclic) bond motifs is 3. The molecule has 1 aromatic heterocycles. The number of benzene rings is 2. The first-order chi connectivity index (χ1) is 16.1. The maximum atomic E-state index is 12.5. The van der Waals surface area contributed by atoms with Crippen LogP contribution in [0.2, 0.25) is 0 Å². The highest BCUT2D eigenvalue weighted by molar-refractivity contribution is 5.96. The fourth-order valence-corrected chi connectivity index (χ4v) is 4.39. The molecular formula is C27H29NO5. The Kier molecular flexibility index (Phi) is 7.23. The minimum atomic E-state index is -0.572. The Bertz CT molecular complexity index is 1210. The Morgan fingerprint density at radius 3 is 2.61 bits per heavy atom. The Morgan fingerprint density at radius 2 is 1.82 bits per heavy atom. The third-order valence-corrected chi connectivity index (χ3v) is 6.11. The molecule has 0 saturated carbocycles. The average molecular weight is 448 g/mol. The molecule has 1 aliphatic rings. The first kappa shape index (κ1) is 22.8. The van der Waals surface area contributed by atoms with Crippen molar-refractivity contribution >= 4 is 22.8 Å². The summed E-state index contributed by atoms with van der Waals surface area (Å²) in [4.78, 5) is 37.1. The van der Waals surface area contributed by atoms with E-state index in [9.17, 15) is 14.4 Å². The highest BCUT2D eigenvalue weighted by Gasteiger charge is 2.22. The molecule has 0 spiro atoms. The summed E-state index contributed by atoms with van der Waals surface area (Å²) in [5, 5.41) is 3.53. The van der Waals surface area contributed by atoms with Gasteiger partial charge in [-0.25, -0.2) is 9.59 Å². The molecule has 0 radical (unpaired) electrons. The van der Waals surface area contributed by atoms with Gasteiger partial charge in [-0.3, -0.25) is 4.79 Å². The first-order valence-electron chi connectivity index (χ1n) is 11.7. The van der Waals surface area contributed by atoms with Crippen molar-refractivity contribution in [3.05, 3.63) is 75.1 Å². The molecule has 172 valence electrons. The zero-order chi connectivity index (χ0) is 23.2. The second kappa shape index (κ2) is 10.5. The number of hydrogen-bond donors (Lipinski definition) is 1. The summed E-state index contributed by atoms with van der Waals surface area (Å²) in [7, 11) is 0. The number of hydrogen-bond acceptors (Lipinski definition) is 5. The minimum absolute atomic E-state index is 0.255. The van der Waals surface area contributed by atoms with E-state index in [0.717, 1.165) is 73.4 Å². The summed E-state index contributed by atoms with van der Waals surface area (Å²) >= 11 is 0. The van der Waals surface area contributed by atoms with Crippen LogP contribution in [0.5, 0.6) is 5.75 Å². The number of carbonyl (C=O) groups excluding carboxylic acids is 2. The summed E-state index contributed by atoms with van der Waals surface area (Å²) in [5.74, 6) is -0.525. The Labute approximate surface area is 192 Å². The van der Waals surface area contributed by atoms with Crippen molar-refractivity contribution in [1.29, 1.82) is 0 Å². The van der Waals surface area contributed by atoms with Gasteiger partial charge in [-0.1, -0.05) is 44.4 Å². The predicted molar refractivity (Wildman–Crippen MR) is 127 cm³/mol. The van der Waals surface area contributed by atoms with E-state index in [0.29, 0.717) is 16.9 Å². The second-order valence-electron chi connectivity index (χ2n) is 8.49. The zero-order valence-corrected chi connectivity index (χ0v) is 18.9. The SMILES string of the molecule is CCCCCCc1cc2c3c(c(=O)oc2cc1OC(=O)CNC(=O)c1ccccc1)CCC3. The van der Waals surface area contributed by atoms with Crippen molar-refractivity contribution in [2.24, 2.45) is 0 Å². The van der Waals surface area contributed by atoms with E-state index in [1.54, 1.807) is 30.3 Å². The number of amides is 1. The van der Waals surface area contributed by atoms with Gasteiger partial charge in [0.2, 0.25) is 0 Å². The molecule has 0 unspecified atom stereocenters. The molecule has 6 nitrogen and oxygen atoms in total. The number of esters is 1. The van der Waals surface area contributed by atoms with Crippen molar-refractivity contribution in [3.8, 4) is 5.75 Å². The van der Waals surface area contributed by atoms with Gasteiger partial charge in [0.25, 0.3) is 5.91 Å². The van der Waals surface area contributed by atoms with E-state index >= 15 is 0 Å². The summed E-state index contributed by atoms with van der Waals surface area (Å²) < 4.78 is 11.2. The molecule has 0 fully saturated rings. The molecule has 1 amide bonds. The van der Waals surface area contributed by atoms with Gasteiger partial charge in [0.15, 0.2) is 0 Å². The normalized spacial score (nSPS) is 12.5. The van der Waals surface area contributed by atoms with E-state index in [1.807, 2.05) is 12.1 Å². The molecule has 1 aliphatic carbocycles. The lowest BCUT2D eigenvalue weighted by molar-refractivity contribution is -0.133. The van der Waals surface area contributed by atoms with Crippen molar-refractivity contribution in [2.45, 2.75) is 58.3 Å². The van der Waals surface area contributed by atoms with Crippen molar-refractivity contribution in [3.63, 3.8) is 0 Å². The maximum Gasteiger partial charge on any atom is 0.339 e. The summed E-state index contributed by atoms with van der Waals surface area (Å²) in [6.45, 7) is 1.91. The van der Waals surface area contributed by atoms with E-state index in [-0.39, 0.29) is 18.1 Å². The van der Waals surface area contributed by atoms with Crippen LogP contribution < -0.4 is 15.7 Å². The van der Waals surface area contributed by atoms with Crippen LogP contribution in [0.15, 0.2) is 51.7 Å². The zero-order valence-electron chi connectivity index (χ0n) is 18.9. The quantitative estimate of drug-likeness (QED) is 0.222. The lowest BCUT2D eigenvalue weighted by atomic mass is 10.00. The van der Waals surface area contributed by atoms with Crippen LogP contribution in [0.1, 0.15) is 66.1 Å². The van der Waals surface area contributed by atoms with Gasteiger partial charge in [-0.05, 0) is 61.4 Å². The van der Waals surface area contributed by atoms with Gasteiger partial charge in [0, 0.05) is 22.6 Å². The van der Waals surface area contributed by atoms with Gasteiger partial charge in [0.1, 0.15) is 17.9 Å². The molecule has 0 saturated heterocycles. The van der Waals surface area contributed by atoms with Crippen LogP contribution in [-0.4, -0.2) is 18.4 Å². The first-order valence-corrected chi connectivity index (χ1v) is 11.7. The Hall–Kier alpha value is -3.41. The third kappa shape index (κ3) is 5.33. The average Bonchev–Trinajstić information content (AvgIpc) is 3.32. The van der Waals surface area contributed by atoms with E-state index in [1.165, 1.54) is 0 Å². The number of ether oxygens (including phenoxy) is 1. The molecule has 3 aromatic rings. The molecule has 4 rings (SSSR count). The molecule has 0 atom stereocenters. The fraction of sp³-hybridized carbons (Fsp3) is 0.370. The molecule has 33 heavy (non-hydrogen) atoms. The standard InChI is InChI=1S/C27H29NO5/c1-2-3-4-6-12-19-15-22-20-13-9-14-21(20)27(31)33-24(22)16-23(19)32-25(29)17-28-26(30)18-10-7-5-8-11-18/h5,7-8,10-11,15-16H,2-4,6,9,12-14,17H2,1H3,(H,28,30). The number of nitrogens with one attached hydrogen (secondary N) is 1. The molecule has 0 bridgehead atoms. The second-order valence-corrected chi connectivity index (χ2v) is 8.49. The Morgan fingerprint density at radius 1 is 1.03 bits per heavy atom. The molecule has 0 aliphatic heterocycles. The van der Waals surface area contributed by atoms with Crippen molar-refractivity contribution < 1.29 is 18.7 Å². The number of unbranched alkanes of at least 4 members (excludes halogenated alkanes) is 3. The largest absolute Gasteiger partial charge is 0.425 e. The van der Waals surface area contributed by atoms with E-state index in [4.69, 9.17) is 9.15 Å². The van der Waals surface area contributed by atoms with Crippen molar-refractivity contribution in [1.82, 2.24) is 5.32 Å². The summed E-state index contributed by atoms with van der Waals surface area (Å²) in [5.41, 5.74) is 3.36. The van der Waals surface area contributed by atoms with E-state index in [2.05, 4.69) is 12.2 Å². The molecular weight excluding hydrogens is 418 g/mol. The lowest BCUT2D eigenvalue weighted by Gasteiger charge is -2.13. The highest BCUT2D eigenvalue weighted by atomic mass is 16.5. The maximum absolute atomic E-state index is 12.5. The fourth-order valence-electron chi connectivity index (χ4n) is 4.39. The number of carbonyl (C=O) groups is 2. The van der Waals surface area contributed by atoms with Crippen LogP contribution in [0.3, 0.4) is 0 Å². The van der Waals surface area contributed by atoms with Gasteiger partial charge >= 0.3 is 11.6 Å². The monoisotopic (exact) mass is 447 g/mol. The van der Waals surface area contributed by atoms with Crippen LogP contribution in [-0.2, 0) is 24.1 Å². The minimum Gasteiger partial charge on any atom is -0.425 e. The molecule has 1 heterocycles. The van der Waals surface area contributed by atoms with Crippen molar-refractivity contribution in [2.75, 3.05) is 6.54 Å². The van der Waals surface area contributed by atoms with Gasteiger partial charge < -0.3 is 14.5 Å². The van der Waals surface area contributed by atoms with Crippen LogP contribution in [0.25, 0.3) is 11.0 Å². The van der Waals surface area contributed by atoms with Crippen LogP contribution in [0, 0.1) is 0 Å². The molecule has 2 aromatic carbocycles. The topological polar surface area (TPSA) is 85.6 Å².